The van der Waals surface area contributed by atoms with Crippen molar-refractivity contribution in [3.8, 4) is 5.75 Å². The van der Waals surface area contributed by atoms with Gasteiger partial charge in [-0.1, -0.05) is 35.9 Å². The molecule has 0 spiro atoms. The number of sulfone groups is 1. The molecule has 1 aliphatic rings. The minimum Gasteiger partial charge on any atom is -0.497 e. The van der Waals surface area contributed by atoms with E-state index in [1.54, 1.807) is 12.1 Å². The van der Waals surface area contributed by atoms with Gasteiger partial charge in [0.05, 0.1) is 22.6 Å². The van der Waals surface area contributed by atoms with Crippen molar-refractivity contribution >= 4 is 43.0 Å². The molecule has 0 aromatic heterocycles. The van der Waals surface area contributed by atoms with Crippen molar-refractivity contribution in [2.45, 2.75) is 9.79 Å². The van der Waals surface area contributed by atoms with Gasteiger partial charge in [-0.25, -0.2) is 8.42 Å². The summed E-state index contributed by atoms with van der Waals surface area (Å²) in [7, 11) is -7.04. The molecule has 168 valence electrons. The first kappa shape index (κ1) is 22.9. The summed E-state index contributed by atoms with van der Waals surface area (Å²) in [5, 5.41) is 0.330. The number of carbonyl (C=O) groups is 1. The van der Waals surface area contributed by atoms with Crippen LogP contribution in [0.1, 0.15) is 15.9 Å². The van der Waals surface area contributed by atoms with E-state index in [0.29, 0.717) is 10.8 Å². The smallest absolute Gasteiger partial charge is 0.282 e. The number of nitrogens with zero attached hydrogens (tertiary/aromatic N) is 1. The number of sulfonamides is 1. The van der Waals surface area contributed by atoms with E-state index >= 15 is 0 Å². The molecular formula is C23H16ClNO6S2. The third-order valence-corrected chi connectivity index (χ3v) is 8.26. The summed E-state index contributed by atoms with van der Waals surface area (Å²) in [6, 6.07) is 17.0. The quantitative estimate of drug-likeness (QED) is 0.521. The zero-order chi connectivity index (χ0) is 23.8. The normalized spacial score (nSPS) is 15.2. The third kappa shape index (κ3) is 4.35. The number of rotatable bonds is 5. The van der Waals surface area contributed by atoms with Crippen LogP contribution in [0.3, 0.4) is 0 Å². The predicted molar refractivity (Wildman–Crippen MR) is 124 cm³/mol. The second-order valence-electron chi connectivity index (χ2n) is 6.97. The standard InChI is InChI=1S/C23H16ClNO6S2/c1-31-16-8-12-18(13-9-16)33(29,30)25-21-14-22(23(26)20-5-3-2-4-19(20)21)32(27,28)17-10-6-15(24)7-11-17/h2-14H,1H3/b25-21+. The number of halogens is 1. The number of methoxy groups -OCH3 is 1. The molecule has 0 heterocycles. The molecule has 0 unspecified atom stereocenters. The molecule has 1 aliphatic carbocycles. The molecule has 0 amide bonds. The van der Waals surface area contributed by atoms with Crippen molar-refractivity contribution < 1.29 is 26.4 Å². The third-order valence-electron chi connectivity index (χ3n) is 4.93. The van der Waals surface area contributed by atoms with Gasteiger partial charge in [0.15, 0.2) is 0 Å². The van der Waals surface area contributed by atoms with Crippen molar-refractivity contribution in [3.63, 3.8) is 0 Å². The SMILES string of the molecule is COc1ccc(S(=O)(=O)/N=C2\C=C(S(=O)(=O)c3ccc(Cl)cc3)C(=O)c3ccccc32)cc1. The Morgan fingerprint density at radius 3 is 1.97 bits per heavy atom. The van der Waals surface area contributed by atoms with Crippen LogP contribution in [-0.2, 0) is 19.9 Å². The Morgan fingerprint density at radius 2 is 1.36 bits per heavy atom. The molecule has 0 fully saturated rings. The fourth-order valence-corrected chi connectivity index (χ4v) is 5.74. The highest BCUT2D eigenvalue weighted by Crippen LogP contribution is 2.30. The first-order valence-corrected chi connectivity index (χ1v) is 12.8. The topological polar surface area (TPSA) is 107 Å². The molecule has 3 aromatic carbocycles. The summed E-state index contributed by atoms with van der Waals surface area (Å²) in [5.74, 6) is -0.284. The maximum Gasteiger partial charge on any atom is 0.282 e. The van der Waals surface area contributed by atoms with Gasteiger partial charge in [0, 0.05) is 16.1 Å². The van der Waals surface area contributed by atoms with Crippen LogP contribution >= 0.6 is 11.6 Å². The Morgan fingerprint density at radius 1 is 0.788 bits per heavy atom. The fourth-order valence-electron chi connectivity index (χ4n) is 3.25. The van der Waals surface area contributed by atoms with Gasteiger partial charge < -0.3 is 4.74 Å². The number of fused-ring (bicyclic) bond motifs is 1. The van der Waals surface area contributed by atoms with E-state index in [4.69, 9.17) is 16.3 Å². The largest absolute Gasteiger partial charge is 0.497 e. The van der Waals surface area contributed by atoms with Gasteiger partial charge >= 0.3 is 0 Å². The number of hydrogen-bond acceptors (Lipinski definition) is 6. The van der Waals surface area contributed by atoms with E-state index in [-0.39, 0.29) is 26.6 Å². The highest BCUT2D eigenvalue weighted by atomic mass is 35.5. The number of Topliss-reactive ketones (excluding diaryl/α,β-unsaturated/α-hetero) is 1. The van der Waals surface area contributed by atoms with E-state index in [0.717, 1.165) is 6.08 Å². The maximum absolute atomic E-state index is 13.2. The van der Waals surface area contributed by atoms with Gasteiger partial charge in [0.25, 0.3) is 10.0 Å². The predicted octanol–water partition coefficient (Wildman–Crippen LogP) is 4.08. The molecule has 33 heavy (non-hydrogen) atoms. The van der Waals surface area contributed by atoms with E-state index in [1.165, 1.54) is 67.8 Å². The molecule has 0 saturated carbocycles. The maximum atomic E-state index is 13.2. The molecule has 0 N–H and O–H groups in total. The zero-order valence-electron chi connectivity index (χ0n) is 17.1. The number of ether oxygens (including phenoxy) is 1. The Balaban J connectivity index is 1.89. The van der Waals surface area contributed by atoms with Crippen molar-refractivity contribution in [2.24, 2.45) is 4.40 Å². The monoisotopic (exact) mass is 501 g/mol. The fraction of sp³-hybridized carbons (Fsp3) is 0.0435. The van der Waals surface area contributed by atoms with Gasteiger partial charge in [-0.15, -0.1) is 0 Å². The van der Waals surface area contributed by atoms with Crippen molar-refractivity contribution in [2.75, 3.05) is 7.11 Å². The number of allylic oxidation sites excluding steroid dienone is 2. The summed E-state index contributed by atoms with van der Waals surface area (Å²) in [5.41, 5.74) is 0.0967. The molecule has 0 bridgehead atoms. The summed E-state index contributed by atoms with van der Waals surface area (Å²) in [6.45, 7) is 0. The van der Waals surface area contributed by atoms with Crippen LogP contribution in [0, 0.1) is 0 Å². The molecule has 0 atom stereocenters. The minimum absolute atomic E-state index is 0.0382. The van der Waals surface area contributed by atoms with E-state index in [1.807, 2.05) is 0 Å². The van der Waals surface area contributed by atoms with Gasteiger partial charge in [0.2, 0.25) is 15.6 Å². The molecule has 7 nitrogen and oxygen atoms in total. The van der Waals surface area contributed by atoms with Crippen molar-refractivity contribution in [1.82, 2.24) is 0 Å². The molecule has 4 rings (SSSR count). The number of hydrogen-bond donors (Lipinski definition) is 0. The Hall–Kier alpha value is -3.27. The lowest BCUT2D eigenvalue weighted by molar-refractivity contribution is 0.104. The molecule has 3 aromatic rings. The number of benzene rings is 3. The Kier molecular flexibility index (Phi) is 5.96. The van der Waals surface area contributed by atoms with Gasteiger partial charge in [0.1, 0.15) is 10.7 Å². The van der Waals surface area contributed by atoms with Gasteiger partial charge in [-0.2, -0.15) is 12.8 Å². The minimum atomic E-state index is -4.27. The van der Waals surface area contributed by atoms with E-state index < -0.39 is 30.5 Å². The van der Waals surface area contributed by atoms with Gasteiger partial charge in [-0.05, 0) is 54.6 Å². The molecule has 10 heteroatoms. The van der Waals surface area contributed by atoms with E-state index in [9.17, 15) is 21.6 Å². The lowest BCUT2D eigenvalue weighted by Crippen LogP contribution is -2.23. The average molecular weight is 502 g/mol. The van der Waals surface area contributed by atoms with Crippen LogP contribution in [0.4, 0.5) is 0 Å². The Bertz CT molecular complexity index is 1520. The van der Waals surface area contributed by atoms with Crippen LogP contribution in [0.25, 0.3) is 0 Å². The second kappa shape index (κ2) is 8.58. The summed E-state index contributed by atoms with van der Waals surface area (Å²) < 4.78 is 61.3. The van der Waals surface area contributed by atoms with Crippen LogP contribution < -0.4 is 4.74 Å². The highest BCUT2D eigenvalue weighted by molar-refractivity contribution is 7.96. The number of ketones is 1. The first-order valence-electron chi connectivity index (χ1n) is 9.49. The Labute approximate surface area is 196 Å². The molecular weight excluding hydrogens is 486 g/mol. The van der Waals surface area contributed by atoms with Crippen LogP contribution in [-0.4, -0.2) is 35.4 Å². The summed E-state index contributed by atoms with van der Waals surface area (Å²) in [4.78, 5) is 12.2. The summed E-state index contributed by atoms with van der Waals surface area (Å²) in [6.07, 6.45) is 0.996. The van der Waals surface area contributed by atoms with E-state index in [2.05, 4.69) is 4.40 Å². The summed E-state index contributed by atoms with van der Waals surface area (Å²) >= 11 is 5.85. The second-order valence-corrected chi connectivity index (χ2v) is 10.9. The first-order chi connectivity index (χ1) is 15.6. The van der Waals surface area contributed by atoms with Crippen LogP contribution in [0.2, 0.25) is 5.02 Å². The van der Waals surface area contributed by atoms with Crippen molar-refractivity contribution in [3.05, 3.63) is 99.9 Å². The zero-order valence-corrected chi connectivity index (χ0v) is 19.5. The average Bonchev–Trinajstić information content (AvgIpc) is 2.81. The van der Waals surface area contributed by atoms with Gasteiger partial charge in [-0.3, -0.25) is 4.79 Å². The molecule has 0 aliphatic heterocycles. The lowest BCUT2D eigenvalue weighted by Gasteiger charge is -2.17. The lowest BCUT2D eigenvalue weighted by atomic mass is 9.94. The van der Waals surface area contributed by atoms with Crippen LogP contribution in [0.5, 0.6) is 5.75 Å². The number of carbonyl (C=O) groups excluding carboxylic acids is 1. The van der Waals surface area contributed by atoms with Crippen LogP contribution in [0.15, 0.2) is 98.0 Å². The molecule has 0 radical (unpaired) electrons. The van der Waals surface area contributed by atoms with Crippen molar-refractivity contribution in [1.29, 1.82) is 0 Å². The molecule has 0 saturated heterocycles. The highest BCUT2D eigenvalue weighted by Gasteiger charge is 2.34.